The van der Waals surface area contributed by atoms with Gasteiger partial charge < -0.3 is 5.11 Å². The fourth-order valence-corrected chi connectivity index (χ4v) is 2.29. The Morgan fingerprint density at radius 2 is 2.36 bits per heavy atom. The maximum Gasteiger partial charge on any atom is 0.307 e. The molecule has 0 bridgehead atoms. The van der Waals surface area contributed by atoms with Gasteiger partial charge in [0.2, 0.25) is 0 Å². The molecule has 2 nitrogen and oxygen atoms in total. The molecule has 0 radical (unpaired) electrons. The van der Waals surface area contributed by atoms with Crippen molar-refractivity contribution in [1.82, 2.24) is 0 Å². The second-order valence-electron chi connectivity index (χ2n) is 4.02. The minimum atomic E-state index is -0.688. The van der Waals surface area contributed by atoms with Crippen LogP contribution < -0.4 is 0 Å². The first-order chi connectivity index (χ1) is 6.54. The summed E-state index contributed by atoms with van der Waals surface area (Å²) in [5.41, 5.74) is 0.953. The Balaban J connectivity index is 2.30. The van der Waals surface area contributed by atoms with E-state index in [1.807, 2.05) is 31.2 Å². The number of hydrogen-bond acceptors (Lipinski definition) is 1. The average Bonchev–Trinajstić information content (AvgIpc) is 2.80. The highest BCUT2D eigenvalue weighted by atomic mass is 79.9. The first kappa shape index (κ1) is 9.71. The number of carbonyl (C=O) groups is 1. The Hall–Kier alpha value is -0.830. The Kier molecular flexibility index (Phi) is 2.14. The van der Waals surface area contributed by atoms with Gasteiger partial charge in [0.25, 0.3) is 0 Å². The van der Waals surface area contributed by atoms with Crippen molar-refractivity contribution in [2.45, 2.75) is 18.8 Å². The van der Waals surface area contributed by atoms with Gasteiger partial charge in [-0.05, 0) is 24.1 Å². The topological polar surface area (TPSA) is 37.3 Å². The van der Waals surface area contributed by atoms with Crippen molar-refractivity contribution in [2.24, 2.45) is 5.92 Å². The summed E-state index contributed by atoms with van der Waals surface area (Å²) >= 11 is 3.39. The van der Waals surface area contributed by atoms with Crippen molar-refractivity contribution in [3.63, 3.8) is 0 Å². The van der Waals surface area contributed by atoms with Crippen LogP contribution in [0, 0.1) is 5.92 Å². The van der Waals surface area contributed by atoms with Crippen molar-refractivity contribution in [2.75, 3.05) is 0 Å². The zero-order chi connectivity index (χ0) is 10.3. The highest BCUT2D eigenvalue weighted by Crippen LogP contribution is 2.54. The van der Waals surface area contributed by atoms with Gasteiger partial charge in [0.1, 0.15) is 0 Å². The molecule has 0 aromatic heterocycles. The molecule has 2 atom stereocenters. The maximum absolute atomic E-state index is 10.8. The molecule has 1 fully saturated rings. The van der Waals surface area contributed by atoms with E-state index in [9.17, 15) is 4.79 Å². The molecule has 0 saturated heterocycles. The summed E-state index contributed by atoms with van der Waals surface area (Å²) in [6.45, 7) is 2.01. The third-order valence-corrected chi connectivity index (χ3v) is 3.51. The predicted octanol–water partition coefficient (Wildman–Crippen LogP) is 2.81. The largest absolute Gasteiger partial charge is 0.481 e. The molecule has 0 amide bonds. The van der Waals surface area contributed by atoms with E-state index in [4.69, 9.17) is 5.11 Å². The molecule has 1 saturated carbocycles. The number of halogens is 1. The van der Waals surface area contributed by atoms with E-state index in [0.717, 1.165) is 16.5 Å². The Morgan fingerprint density at radius 1 is 1.64 bits per heavy atom. The van der Waals surface area contributed by atoms with Crippen molar-refractivity contribution in [3.05, 3.63) is 34.3 Å². The SMILES string of the molecule is CC1(c2cccc(Br)c2)C[C@H]1C(=O)O. The van der Waals surface area contributed by atoms with E-state index in [1.165, 1.54) is 0 Å². The van der Waals surface area contributed by atoms with E-state index in [0.29, 0.717) is 0 Å². The first-order valence-electron chi connectivity index (χ1n) is 4.53. The number of benzene rings is 1. The Labute approximate surface area is 91.1 Å². The lowest BCUT2D eigenvalue weighted by atomic mass is 9.96. The fraction of sp³-hybridized carbons (Fsp3) is 0.364. The van der Waals surface area contributed by atoms with Crippen LogP contribution in [0.1, 0.15) is 18.9 Å². The number of rotatable bonds is 2. The van der Waals surface area contributed by atoms with Gasteiger partial charge in [-0.1, -0.05) is 35.0 Å². The molecule has 1 aliphatic rings. The van der Waals surface area contributed by atoms with Crippen LogP contribution in [0.25, 0.3) is 0 Å². The van der Waals surface area contributed by atoms with Crippen LogP contribution in [-0.2, 0) is 10.2 Å². The molecule has 1 aromatic rings. The van der Waals surface area contributed by atoms with E-state index < -0.39 is 5.97 Å². The smallest absolute Gasteiger partial charge is 0.307 e. The van der Waals surface area contributed by atoms with Crippen molar-refractivity contribution in [1.29, 1.82) is 0 Å². The molecule has 14 heavy (non-hydrogen) atoms. The van der Waals surface area contributed by atoms with Crippen molar-refractivity contribution < 1.29 is 9.90 Å². The van der Waals surface area contributed by atoms with Gasteiger partial charge in [0.05, 0.1) is 5.92 Å². The molecular weight excluding hydrogens is 244 g/mol. The van der Waals surface area contributed by atoms with Crippen LogP contribution in [0.5, 0.6) is 0 Å². The summed E-state index contributed by atoms with van der Waals surface area (Å²) in [6, 6.07) is 7.89. The lowest BCUT2D eigenvalue weighted by molar-refractivity contribution is -0.138. The average molecular weight is 255 g/mol. The minimum absolute atomic E-state index is 0.157. The Morgan fingerprint density at radius 3 is 2.86 bits per heavy atom. The fourth-order valence-electron chi connectivity index (χ4n) is 1.89. The summed E-state index contributed by atoms with van der Waals surface area (Å²) in [6.07, 6.45) is 0.749. The zero-order valence-corrected chi connectivity index (χ0v) is 9.41. The molecule has 1 unspecified atom stereocenters. The predicted molar refractivity (Wildman–Crippen MR) is 57.2 cm³/mol. The third-order valence-electron chi connectivity index (χ3n) is 3.02. The van der Waals surface area contributed by atoms with Gasteiger partial charge in [-0.3, -0.25) is 4.79 Å². The molecule has 0 heterocycles. The second kappa shape index (κ2) is 3.09. The third kappa shape index (κ3) is 1.46. The molecule has 2 rings (SSSR count). The van der Waals surface area contributed by atoms with Gasteiger partial charge in [0.15, 0.2) is 0 Å². The number of aliphatic carboxylic acids is 1. The van der Waals surface area contributed by atoms with E-state index in [-0.39, 0.29) is 11.3 Å². The maximum atomic E-state index is 10.8. The molecule has 3 heteroatoms. The van der Waals surface area contributed by atoms with Crippen molar-refractivity contribution in [3.8, 4) is 0 Å². The van der Waals surface area contributed by atoms with Crippen molar-refractivity contribution >= 4 is 21.9 Å². The van der Waals surface area contributed by atoms with Gasteiger partial charge in [0, 0.05) is 9.89 Å². The highest BCUT2D eigenvalue weighted by molar-refractivity contribution is 9.10. The summed E-state index contributed by atoms with van der Waals surface area (Å²) in [5.74, 6) is -0.899. The normalized spacial score (nSPS) is 30.0. The van der Waals surface area contributed by atoms with E-state index in [2.05, 4.69) is 15.9 Å². The van der Waals surface area contributed by atoms with Crippen LogP contribution in [0.2, 0.25) is 0 Å². The summed E-state index contributed by atoms with van der Waals surface area (Å²) in [5, 5.41) is 8.91. The van der Waals surface area contributed by atoms with Crippen LogP contribution in [0.15, 0.2) is 28.7 Å². The number of carboxylic acid groups (broad SMARTS) is 1. The minimum Gasteiger partial charge on any atom is -0.481 e. The van der Waals surface area contributed by atoms with Crippen LogP contribution in [0.3, 0.4) is 0 Å². The van der Waals surface area contributed by atoms with Crippen LogP contribution in [-0.4, -0.2) is 11.1 Å². The molecule has 0 aliphatic heterocycles. The summed E-state index contributed by atoms with van der Waals surface area (Å²) < 4.78 is 1.01. The van der Waals surface area contributed by atoms with Gasteiger partial charge >= 0.3 is 5.97 Å². The lowest BCUT2D eigenvalue weighted by Crippen LogP contribution is -2.10. The molecule has 1 N–H and O–H groups in total. The highest BCUT2D eigenvalue weighted by Gasteiger charge is 2.55. The van der Waals surface area contributed by atoms with Crippen LogP contribution >= 0.6 is 15.9 Å². The quantitative estimate of drug-likeness (QED) is 0.882. The Bertz CT molecular complexity index is 389. The van der Waals surface area contributed by atoms with Gasteiger partial charge in [-0.15, -0.1) is 0 Å². The number of carboxylic acids is 1. The lowest BCUT2D eigenvalue weighted by Gasteiger charge is -2.10. The van der Waals surface area contributed by atoms with Crippen LogP contribution in [0.4, 0.5) is 0 Å². The zero-order valence-electron chi connectivity index (χ0n) is 7.83. The first-order valence-corrected chi connectivity index (χ1v) is 5.32. The summed E-state index contributed by atoms with van der Waals surface area (Å²) in [7, 11) is 0. The molecule has 74 valence electrons. The summed E-state index contributed by atoms with van der Waals surface area (Å²) in [4.78, 5) is 10.8. The molecule has 0 spiro atoms. The number of hydrogen-bond donors (Lipinski definition) is 1. The van der Waals surface area contributed by atoms with E-state index >= 15 is 0 Å². The molecular formula is C11H11BrO2. The molecule has 1 aliphatic carbocycles. The second-order valence-corrected chi connectivity index (χ2v) is 4.94. The standard InChI is InChI=1S/C11H11BrO2/c1-11(6-9(11)10(13)14)7-3-2-4-8(12)5-7/h2-5,9H,6H2,1H3,(H,13,14)/t9-,11?/m0/s1. The van der Waals surface area contributed by atoms with Gasteiger partial charge in [-0.2, -0.15) is 0 Å². The molecule has 1 aromatic carbocycles. The monoisotopic (exact) mass is 254 g/mol. The van der Waals surface area contributed by atoms with Gasteiger partial charge in [-0.25, -0.2) is 0 Å². The van der Waals surface area contributed by atoms with E-state index in [1.54, 1.807) is 0 Å².